The second-order valence-corrected chi connectivity index (χ2v) is 4.03. The van der Waals surface area contributed by atoms with E-state index >= 15 is 0 Å². The molecule has 0 aliphatic rings. The summed E-state index contributed by atoms with van der Waals surface area (Å²) in [5, 5.41) is 8.72. The Hall–Kier alpha value is -2.89. The summed E-state index contributed by atoms with van der Waals surface area (Å²) in [4.78, 5) is 18.8. The third-order valence-corrected chi connectivity index (χ3v) is 2.60. The van der Waals surface area contributed by atoms with Gasteiger partial charge in [-0.25, -0.2) is 14.8 Å². The highest BCUT2D eigenvalue weighted by molar-refractivity contribution is 5.86. The Bertz CT molecular complexity index is 641. The van der Waals surface area contributed by atoms with E-state index < -0.39 is 5.97 Å². The molecule has 6 heteroatoms. The summed E-state index contributed by atoms with van der Waals surface area (Å²) in [5.74, 6) is 0.653. The molecule has 0 atom stereocenters. The maximum Gasteiger partial charge on any atom is 0.328 e. The van der Waals surface area contributed by atoms with E-state index in [1.54, 1.807) is 43.8 Å². The van der Waals surface area contributed by atoms with Gasteiger partial charge in [0.25, 0.3) is 0 Å². The van der Waals surface area contributed by atoms with Crippen molar-refractivity contribution in [3.8, 4) is 11.5 Å². The van der Waals surface area contributed by atoms with Crippen LogP contribution >= 0.6 is 0 Å². The van der Waals surface area contributed by atoms with Gasteiger partial charge in [0.05, 0.1) is 7.11 Å². The lowest BCUT2D eigenvalue weighted by Gasteiger charge is -2.10. The van der Waals surface area contributed by atoms with Crippen molar-refractivity contribution < 1.29 is 19.4 Å². The molecule has 0 aliphatic heterocycles. The zero-order valence-electron chi connectivity index (χ0n) is 11.4. The smallest absolute Gasteiger partial charge is 0.328 e. The number of ether oxygens (including phenoxy) is 2. The van der Waals surface area contributed by atoms with Gasteiger partial charge in [0.2, 0.25) is 0 Å². The third-order valence-electron chi connectivity index (χ3n) is 2.60. The van der Waals surface area contributed by atoms with E-state index in [0.29, 0.717) is 22.9 Å². The minimum Gasteiger partial charge on any atom is -0.497 e. The van der Waals surface area contributed by atoms with Crippen LogP contribution in [-0.2, 0) is 11.4 Å². The second kappa shape index (κ2) is 7.04. The molecule has 0 saturated heterocycles. The Morgan fingerprint density at radius 2 is 2.10 bits per heavy atom. The summed E-state index contributed by atoms with van der Waals surface area (Å²) in [5.41, 5.74) is 0.604. The lowest BCUT2D eigenvalue weighted by Crippen LogP contribution is -2.01. The molecule has 0 bridgehead atoms. The van der Waals surface area contributed by atoms with Crippen molar-refractivity contribution in [2.24, 2.45) is 0 Å². The number of carbonyl (C=O) groups is 1. The van der Waals surface area contributed by atoms with Crippen molar-refractivity contribution in [1.82, 2.24) is 9.97 Å². The van der Waals surface area contributed by atoms with Gasteiger partial charge in [-0.05, 0) is 30.3 Å². The second-order valence-electron chi connectivity index (χ2n) is 4.03. The van der Waals surface area contributed by atoms with Crippen molar-refractivity contribution in [2.75, 3.05) is 7.11 Å². The number of hydrogen-bond donors (Lipinski definition) is 1. The number of benzene rings is 1. The first-order valence-corrected chi connectivity index (χ1v) is 6.17. The van der Waals surface area contributed by atoms with Gasteiger partial charge in [0.15, 0.2) is 5.82 Å². The molecular weight excluding hydrogens is 272 g/mol. The average molecular weight is 286 g/mol. The zero-order chi connectivity index (χ0) is 15.1. The molecule has 0 amide bonds. The molecule has 1 N–H and O–H groups in total. The monoisotopic (exact) mass is 286 g/mol. The molecule has 0 unspecified atom stereocenters. The quantitative estimate of drug-likeness (QED) is 0.819. The van der Waals surface area contributed by atoms with Crippen LogP contribution in [0.1, 0.15) is 11.4 Å². The number of hydrogen-bond acceptors (Lipinski definition) is 5. The van der Waals surface area contributed by atoms with Gasteiger partial charge in [0, 0.05) is 24.0 Å². The molecular formula is C15H14N2O4. The van der Waals surface area contributed by atoms with Crippen LogP contribution in [0.5, 0.6) is 11.5 Å². The fourth-order valence-corrected chi connectivity index (χ4v) is 1.62. The van der Waals surface area contributed by atoms with Crippen LogP contribution in [0.3, 0.4) is 0 Å². The van der Waals surface area contributed by atoms with Gasteiger partial charge in [-0.3, -0.25) is 0 Å². The topological polar surface area (TPSA) is 81.5 Å². The molecule has 2 rings (SSSR count). The minimum atomic E-state index is -1.03. The van der Waals surface area contributed by atoms with Gasteiger partial charge >= 0.3 is 5.97 Å². The van der Waals surface area contributed by atoms with E-state index in [4.69, 9.17) is 14.6 Å². The number of aliphatic carboxylic acids is 1. The van der Waals surface area contributed by atoms with Crippen molar-refractivity contribution in [3.63, 3.8) is 0 Å². The number of carboxylic acids is 1. The minimum absolute atomic E-state index is 0.196. The van der Waals surface area contributed by atoms with Crippen LogP contribution in [0.4, 0.5) is 0 Å². The summed E-state index contributed by atoms with van der Waals surface area (Å²) >= 11 is 0. The predicted molar refractivity (Wildman–Crippen MR) is 76.0 cm³/mol. The van der Waals surface area contributed by atoms with E-state index in [9.17, 15) is 4.79 Å². The largest absolute Gasteiger partial charge is 0.497 e. The van der Waals surface area contributed by atoms with Crippen LogP contribution in [0.2, 0.25) is 0 Å². The first-order chi connectivity index (χ1) is 10.2. The van der Waals surface area contributed by atoms with E-state index in [-0.39, 0.29) is 6.61 Å². The highest BCUT2D eigenvalue weighted by Crippen LogP contribution is 2.26. The summed E-state index contributed by atoms with van der Waals surface area (Å²) < 4.78 is 10.7. The van der Waals surface area contributed by atoms with Crippen molar-refractivity contribution >= 4 is 12.0 Å². The van der Waals surface area contributed by atoms with Gasteiger partial charge in [-0.1, -0.05) is 0 Å². The van der Waals surface area contributed by atoms with E-state index in [1.807, 2.05) is 0 Å². The van der Waals surface area contributed by atoms with E-state index in [2.05, 4.69) is 9.97 Å². The molecule has 21 heavy (non-hydrogen) atoms. The Morgan fingerprint density at radius 3 is 2.76 bits per heavy atom. The van der Waals surface area contributed by atoms with E-state index in [0.717, 1.165) is 6.08 Å². The van der Waals surface area contributed by atoms with Crippen molar-refractivity contribution in [3.05, 3.63) is 54.1 Å². The number of rotatable bonds is 6. The van der Waals surface area contributed by atoms with Crippen LogP contribution < -0.4 is 9.47 Å². The lowest BCUT2D eigenvalue weighted by molar-refractivity contribution is -0.131. The maximum absolute atomic E-state index is 10.6. The van der Waals surface area contributed by atoms with Crippen molar-refractivity contribution in [1.29, 1.82) is 0 Å². The molecule has 0 aliphatic carbocycles. The molecule has 1 aromatic carbocycles. The van der Waals surface area contributed by atoms with E-state index in [1.165, 1.54) is 6.08 Å². The standard InChI is InChI=1S/C15H14N2O4/c1-20-12-4-5-13(11(9-12)3-6-15(18)19)21-10-14-16-7-2-8-17-14/h2-9H,10H2,1H3,(H,18,19). The highest BCUT2D eigenvalue weighted by atomic mass is 16.5. The van der Waals surface area contributed by atoms with Gasteiger partial charge in [0.1, 0.15) is 18.1 Å². The lowest BCUT2D eigenvalue weighted by atomic mass is 10.1. The molecule has 1 aromatic heterocycles. The first-order valence-electron chi connectivity index (χ1n) is 6.17. The number of nitrogens with zero attached hydrogens (tertiary/aromatic N) is 2. The Balaban J connectivity index is 2.19. The predicted octanol–water partition coefficient (Wildman–Crippen LogP) is 2.16. The van der Waals surface area contributed by atoms with Crippen LogP contribution in [0, 0.1) is 0 Å². The molecule has 0 spiro atoms. The molecule has 1 heterocycles. The fourth-order valence-electron chi connectivity index (χ4n) is 1.62. The first kappa shape index (κ1) is 14.5. The van der Waals surface area contributed by atoms with Crippen LogP contribution in [0.25, 0.3) is 6.08 Å². The van der Waals surface area contributed by atoms with Gasteiger partial charge < -0.3 is 14.6 Å². The average Bonchev–Trinajstić information content (AvgIpc) is 2.52. The van der Waals surface area contributed by atoms with Gasteiger partial charge in [-0.15, -0.1) is 0 Å². The molecule has 108 valence electrons. The van der Waals surface area contributed by atoms with Gasteiger partial charge in [-0.2, -0.15) is 0 Å². The van der Waals surface area contributed by atoms with Crippen molar-refractivity contribution in [2.45, 2.75) is 6.61 Å². The number of aromatic nitrogens is 2. The fraction of sp³-hybridized carbons (Fsp3) is 0.133. The molecule has 2 aromatic rings. The summed E-state index contributed by atoms with van der Waals surface area (Å²) in [6.07, 6.45) is 5.75. The Kier molecular flexibility index (Phi) is 4.87. The summed E-state index contributed by atoms with van der Waals surface area (Å²) in [6.45, 7) is 0.196. The number of carboxylic acid groups (broad SMARTS) is 1. The zero-order valence-corrected chi connectivity index (χ0v) is 11.4. The molecule has 0 radical (unpaired) electrons. The van der Waals surface area contributed by atoms with Crippen LogP contribution in [0.15, 0.2) is 42.7 Å². The normalized spacial score (nSPS) is 10.5. The molecule has 0 fully saturated rings. The van der Waals surface area contributed by atoms with Crippen LogP contribution in [-0.4, -0.2) is 28.2 Å². The SMILES string of the molecule is COc1ccc(OCc2ncccn2)c(C=CC(=O)O)c1. The Labute approximate surface area is 121 Å². The maximum atomic E-state index is 10.6. The highest BCUT2D eigenvalue weighted by Gasteiger charge is 2.05. The number of methoxy groups -OCH3 is 1. The third kappa shape index (κ3) is 4.31. The Morgan fingerprint density at radius 1 is 1.33 bits per heavy atom. The molecule has 0 saturated carbocycles. The molecule has 6 nitrogen and oxygen atoms in total. The summed E-state index contributed by atoms with van der Waals surface area (Å²) in [7, 11) is 1.54. The summed E-state index contributed by atoms with van der Waals surface area (Å²) in [6, 6.07) is 6.86.